The van der Waals surface area contributed by atoms with Crippen molar-refractivity contribution in [3.63, 3.8) is 0 Å². The van der Waals surface area contributed by atoms with Gasteiger partial charge in [0.2, 0.25) is 0 Å². The van der Waals surface area contributed by atoms with E-state index in [0.717, 1.165) is 34.1 Å². The molecule has 0 saturated carbocycles. The second-order valence-corrected chi connectivity index (χ2v) is 8.08. The normalized spacial score (nSPS) is 15.0. The van der Waals surface area contributed by atoms with Crippen LogP contribution in [0.15, 0.2) is 90.8 Å². The number of fused-ring (bicyclic) bond motifs is 1. The number of urea groups is 1. The Balaban J connectivity index is 1.45. The summed E-state index contributed by atoms with van der Waals surface area (Å²) in [4.78, 5) is 26.8. The van der Waals surface area contributed by atoms with Gasteiger partial charge in [-0.1, -0.05) is 78.4 Å². The number of nitrogens with one attached hydrogen (secondary N) is 1. The van der Waals surface area contributed by atoms with Crippen molar-refractivity contribution in [2.75, 3.05) is 0 Å². The predicted molar refractivity (Wildman–Crippen MR) is 126 cm³/mol. The van der Waals surface area contributed by atoms with Gasteiger partial charge in [0, 0.05) is 29.2 Å². The maximum absolute atomic E-state index is 13.0. The van der Waals surface area contributed by atoms with Crippen molar-refractivity contribution in [2.24, 2.45) is 0 Å². The topological polar surface area (TPSA) is 54.3 Å². The van der Waals surface area contributed by atoms with Gasteiger partial charge in [-0.2, -0.15) is 0 Å². The Morgan fingerprint density at radius 3 is 2.28 bits per heavy atom. The number of carbonyl (C=O) groups is 2. The van der Waals surface area contributed by atoms with Crippen LogP contribution in [0.3, 0.4) is 0 Å². The van der Waals surface area contributed by atoms with Crippen LogP contribution in [-0.2, 0) is 17.9 Å². The first-order valence-corrected chi connectivity index (χ1v) is 10.6. The van der Waals surface area contributed by atoms with Gasteiger partial charge < -0.3 is 9.88 Å². The molecular weight excluding hydrogens is 398 g/mol. The molecule has 32 heavy (non-hydrogen) atoms. The van der Waals surface area contributed by atoms with Crippen molar-refractivity contribution in [1.82, 2.24) is 14.8 Å². The molecular formula is C27H23N3O2. The zero-order valence-electron chi connectivity index (χ0n) is 17.8. The molecule has 1 fully saturated rings. The highest BCUT2D eigenvalue weighted by atomic mass is 16.2. The summed E-state index contributed by atoms with van der Waals surface area (Å²) >= 11 is 0. The van der Waals surface area contributed by atoms with Crippen molar-refractivity contribution in [1.29, 1.82) is 0 Å². The lowest BCUT2D eigenvalue weighted by atomic mass is 10.1. The molecule has 5 nitrogen and oxygen atoms in total. The third-order valence-corrected chi connectivity index (χ3v) is 5.74. The van der Waals surface area contributed by atoms with Gasteiger partial charge in [-0.25, -0.2) is 4.79 Å². The van der Waals surface area contributed by atoms with E-state index in [1.54, 1.807) is 6.08 Å². The number of aryl methyl sites for hydroxylation is 1. The van der Waals surface area contributed by atoms with Crippen molar-refractivity contribution < 1.29 is 9.59 Å². The van der Waals surface area contributed by atoms with Gasteiger partial charge in [0.25, 0.3) is 5.91 Å². The predicted octanol–water partition coefficient (Wildman–Crippen LogP) is 5.09. The van der Waals surface area contributed by atoms with Gasteiger partial charge in [0.15, 0.2) is 0 Å². The van der Waals surface area contributed by atoms with Crippen LogP contribution in [0.5, 0.6) is 0 Å². The van der Waals surface area contributed by atoms with E-state index in [2.05, 4.69) is 28.1 Å². The molecule has 3 aromatic carbocycles. The van der Waals surface area contributed by atoms with Crippen molar-refractivity contribution in [3.8, 4) is 0 Å². The highest BCUT2D eigenvalue weighted by molar-refractivity contribution is 6.14. The van der Waals surface area contributed by atoms with Crippen LogP contribution in [0.4, 0.5) is 4.79 Å². The van der Waals surface area contributed by atoms with Crippen molar-refractivity contribution in [3.05, 3.63) is 113 Å². The summed E-state index contributed by atoms with van der Waals surface area (Å²) in [5.41, 5.74) is 5.53. The third kappa shape index (κ3) is 3.81. The minimum Gasteiger partial charge on any atom is -0.342 e. The molecule has 2 heterocycles. The lowest BCUT2D eigenvalue weighted by Gasteiger charge is -2.11. The van der Waals surface area contributed by atoms with Crippen molar-refractivity contribution in [2.45, 2.75) is 20.0 Å². The number of hydrogen-bond acceptors (Lipinski definition) is 2. The third-order valence-electron chi connectivity index (χ3n) is 5.74. The Labute approximate surface area is 186 Å². The number of rotatable bonds is 5. The van der Waals surface area contributed by atoms with E-state index >= 15 is 0 Å². The van der Waals surface area contributed by atoms with Gasteiger partial charge >= 0.3 is 6.03 Å². The first kappa shape index (κ1) is 19.8. The van der Waals surface area contributed by atoms with Crippen LogP contribution in [-0.4, -0.2) is 21.4 Å². The van der Waals surface area contributed by atoms with Gasteiger partial charge in [0.05, 0.1) is 6.54 Å². The molecule has 1 N–H and O–H groups in total. The van der Waals surface area contributed by atoms with Crippen LogP contribution >= 0.6 is 0 Å². The van der Waals surface area contributed by atoms with E-state index in [1.807, 2.05) is 73.8 Å². The van der Waals surface area contributed by atoms with Crippen LogP contribution in [0.2, 0.25) is 0 Å². The number of carbonyl (C=O) groups excluding carboxylic acids is 2. The highest BCUT2D eigenvalue weighted by Crippen LogP contribution is 2.26. The summed E-state index contributed by atoms with van der Waals surface area (Å²) in [6.45, 7) is 2.98. The Bertz CT molecular complexity index is 1330. The summed E-state index contributed by atoms with van der Waals surface area (Å²) in [6.07, 6.45) is 3.81. The number of hydrogen-bond donors (Lipinski definition) is 1. The van der Waals surface area contributed by atoms with Crippen molar-refractivity contribution >= 4 is 28.9 Å². The summed E-state index contributed by atoms with van der Waals surface area (Å²) < 4.78 is 2.17. The fraction of sp³-hybridized carbons (Fsp3) is 0.111. The first-order valence-electron chi connectivity index (χ1n) is 10.6. The average molecular weight is 422 g/mol. The number of para-hydroxylation sites is 1. The smallest absolute Gasteiger partial charge is 0.329 e. The number of benzene rings is 3. The quantitative estimate of drug-likeness (QED) is 0.360. The molecule has 0 unspecified atom stereocenters. The molecule has 0 spiro atoms. The van der Waals surface area contributed by atoms with E-state index in [-0.39, 0.29) is 12.5 Å². The van der Waals surface area contributed by atoms with Crippen LogP contribution < -0.4 is 5.32 Å². The van der Waals surface area contributed by atoms with Crippen LogP contribution in [0.1, 0.15) is 22.3 Å². The molecule has 4 aromatic rings. The standard InChI is InChI=1S/C27H23N3O2/c1-19-11-13-21(14-12-19)17-30-26(31)24(28-27(30)32)15-22-18-29(16-20-7-3-2-4-8-20)25-10-6-5-9-23(22)25/h2-15,18H,16-17H2,1H3,(H,28,32)/b24-15+. The molecule has 158 valence electrons. The summed E-state index contributed by atoms with van der Waals surface area (Å²) in [6, 6.07) is 25.8. The SMILES string of the molecule is Cc1ccc(CN2C(=O)N/C(=C/c3cn(Cc4ccccc4)c4ccccc34)C2=O)cc1. The molecule has 1 aromatic heterocycles. The number of aromatic nitrogens is 1. The monoisotopic (exact) mass is 421 g/mol. The second kappa shape index (κ2) is 8.19. The summed E-state index contributed by atoms with van der Waals surface area (Å²) in [5, 5.41) is 3.78. The molecule has 5 rings (SSSR count). The zero-order valence-corrected chi connectivity index (χ0v) is 17.8. The van der Waals surface area contributed by atoms with Gasteiger partial charge in [0.1, 0.15) is 5.70 Å². The maximum atomic E-state index is 13.0. The van der Waals surface area contributed by atoms with Crippen LogP contribution in [0.25, 0.3) is 17.0 Å². The van der Waals surface area contributed by atoms with E-state index in [9.17, 15) is 9.59 Å². The fourth-order valence-electron chi connectivity index (χ4n) is 4.05. The number of nitrogens with zero attached hydrogens (tertiary/aromatic N) is 2. The molecule has 1 aliphatic heterocycles. The lowest BCUT2D eigenvalue weighted by Crippen LogP contribution is -2.30. The van der Waals surface area contributed by atoms with Gasteiger partial charge in [-0.05, 0) is 30.2 Å². The van der Waals surface area contributed by atoms with E-state index in [0.29, 0.717) is 5.70 Å². The number of amides is 3. The van der Waals surface area contributed by atoms with E-state index in [4.69, 9.17) is 0 Å². The lowest BCUT2D eigenvalue weighted by molar-refractivity contribution is -0.123. The van der Waals surface area contributed by atoms with Gasteiger partial charge in [-0.3, -0.25) is 9.69 Å². The Kier molecular flexibility index (Phi) is 5.07. The minimum atomic E-state index is -0.394. The Morgan fingerprint density at radius 2 is 1.50 bits per heavy atom. The summed E-state index contributed by atoms with van der Waals surface area (Å²) in [5.74, 6) is -0.310. The first-order chi connectivity index (χ1) is 15.6. The highest BCUT2D eigenvalue weighted by Gasteiger charge is 2.33. The molecule has 1 aliphatic rings. The Hall–Kier alpha value is -4.12. The fourth-order valence-corrected chi connectivity index (χ4v) is 4.05. The second-order valence-electron chi connectivity index (χ2n) is 8.08. The minimum absolute atomic E-state index is 0.248. The molecule has 5 heteroatoms. The molecule has 0 atom stereocenters. The van der Waals surface area contributed by atoms with E-state index in [1.165, 1.54) is 10.5 Å². The molecule has 0 bridgehead atoms. The molecule has 0 radical (unpaired) electrons. The number of imide groups is 1. The molecule has 1 saturated heterocycles. The average Bonchev–Trinajstić information content (AvgIpc) is 3.28. The van der Waals surface area contributed by atoms with Gasteiger partial charge in [-0.15, -0.1) is 0 Å². The molecule has 3 amide bonds. The maximum Gasteiger partial charge on any atom is 0.329 e. The zero-order chi connectivity index (χ0) is 22.1. The summed E-state index contributed by atoms with van der Waals surface area (Å²) in [7, 11) is 0. The molecule has 0 aliphatic carbocycles. The van der Waals surface area contributed by atoms with E-state index < -0.39 is 6.03 Å². The Morgan fingerprint density at radius 1 is 0.812 bits per heavy atom. The van der Waals surface area contributed by atoms with Crippen LogP contribution in [0, 0.1) is 6.92 Å². The largest absolute Gasteiger partial charge is 0.342 e.